The van der Waals surface area contributed by atoms with E-state index in [0.717, 1.165) is 10.8 Å². The molecule has 3 rings (SSSR count). The van der Waals surface area contributed by atoms with Crippen LogP contribution in [0.15, 0.2) is 78.6 Å². The summed E-state index contributed by atoms with van der Waals surface area (Å²) in [5.74, 6) is -1.57. The molecule has 0 radical (unpaired) electrons. The van der Waals surface area contributed by atoms with Gasteiger partial charge in [0.15, 0.2) is 5.83 Å². The molecule has 0 heterocycles. The van der Waals surface area contributed by atoms with E-state index in [1.54, 1.807) is 30.3 Å². The lowest BCUT2D eigenvalue weighted by Crippen LogP contribution is -2.11. The number of carbonyl (C=O) groups excluding carboxylic acids is 1. The third kappa shape index (κ3) is 3.20. The van der Waals surface area contributed by atoms with Crippen molar-refractivity contribution in [2.75, 3.05) is 5.32 Å². The number of nitrogens with one attached hydrogen (secondary N) is 1. The van der Waals surface area contributed by atoms with Gasteiger partial charge < -0.3 is 5.32 Å². The van der Waals surface area contributed by atoms with E-state index in [-0.39, 0.29) is 0 Å². The highest BCUT2D eigenvalue weighted by Crippen LogP contribution is 2.18. The normalized spacial score (nSPS) is 11.4. The van der Waals surface area contributed by atoms with Gasteiger partial charge in [-0.3, -0.25) is 4.79 Å². The molecular formula is C19H14FNO. The first kappa shape index (κ1) is 14.0. The van der Waals surface area contributed by atoms with Crippen molar-refractivity contribution in [3.63, 3.8) is 0 Å². The molecule has 1 amide bonds. The highest BCUT2D eigenvalue weighted by molar-refractivity contribution is 6.05. The van der Waals surface area contributed by atoms with Crippen LogP contribution in [-0.2, 0) is 4.79 Å². The van der Waals surface area contributed by atoms with Crippen LogP contribution < -0.4 is 5.32 Å². The number of para-hydroxylation sites is 1. The average Bonchev–Trinajstić information content (AvgIpc) is 2.55. The van der Waals surface area contributed by atoms with E-state index in [2.05, 4.69) is 5.32 Å². The summed E-state index contributed by atoms with van der Waals surface area (Å²) in [5, 5.41) is 4.60. The van der Waals surface area contributed by atoms with Crippen molar-refractivity contribution in [2.45, 2.75) is 0 Å². The molecule has 2 nitrogen and oxygen atoms in total. The van der Waals surface area contributed by atoms with Crippen LogP contribution in [0.2, 0.25) is 0 Å². The molecule has 0 fully saturated rings. The first-order valence-electron chi connectivity index (χ1n) is 6.95. The summed E-state index contributed by atoms with van der Waals surface area (Å²) in [7, 11) is 0. The lowest BCUT2D eigenvalue weighted by atomic mass is 10.1. The van der Waals surface area contributed by atoms with E-state index in [1.807, 2.05) is 42.5 Å². The number of hydrogen-bond acceptors (Lipinski definition) is 1. The van der Waals surface area contributed by atoms with Gasteiger partial charge in [0, 0.05) is 5.69 Å². The third-order valence-corrected chi connectivity index (χ3v) is 3.32. The van der Waals surface area contributed by atoms with Crippen molar-refractivity contribution in [3.8, 4) is 0 Å². The fourth-order valence-electron chi connectivity index (χ4n) is 2.22. The van der Waals surface area contributed by atoms with Crippen LogP contribution in [0.1, 0.15) is 5.56 Å². The number of rotatable bonds is 3. The van der Waals surface area contributed by atoms with E-state index in [4.69, 9.17) is 0 Å². The van der Waals surface area contributed by atoms with Gasteiger partial charge in [-0.2, -0.15) is 0 Å². The van der Waals surface area contributed by atoms with Crippen molar-refractivity contribution in [1.29, 1.82) is 0 Å². The molecule has 3 aromatic carbocycles. The largest absolute Gasteiger partial charge is 0.320 e. The molecule has 0 aliphatic heterocycles. The monoisotopic (exact) mass is 291 g/mol. The number of benzene rings is 3. The molecule has 1 N–H and O–H groups in total. The molecule has 0 spiro atoms. The number of halogens is 1. The maximum Gasteiger partial charge on any atom is 0.284 e. The molecule has 108 valence electrons. The minimum atomic E-state index is -0.820. The third-order valence-electron chi connectivity index (χ3n) is 3.32. The molecule has 3 heteroatoms. The smallest absolute Gasteiger partial charge is 0.284 e. The average molecular weight is 291 g/mol. The highest BCUT2D eigenvalue weighted by Gasteiger charge is 2.09. The van der Waals surface area contributed by atoms with Crippen molar-refractivity contribution < 1.29 is 9.18 Å². The SMILES string of the molecule is O=C(Nc1ccccc1)/C(F)=C/c1ccc2ccccc2c1. The zero-order valence-electron chi connectivity index (χ0n) is 11.8. The number of hydrogen-bond donors (Lipinski definition) is 1. The number of carbonyl (C=O) groups is 1. The Bertz CT molecular complexity index is 840. The quantitative estimate of drug-likeness (QED) is 0.691. The minimum Gasteiger partial charge on any atom is -0.320 e. The van der Waals surface area contributed by atoms with Crippen LogP contribution in [0.5, 0.6) is 0 Å². The summed E-state index contributed by atoms with van der Waals surface area (Å²) < 4.78 is 14.0. The Labute approximate surface area is 127 Å². The van der Waals surface area contributed by atoms with Gasteiger partial charge in [-0.05, 0) is 40.6 Å². The van der Waals surface area contributed by atoms with Crippen molar-refractivity contribution in [1.82, 2.24) is 0 Å². The Morgan fingerprint density at radius 3 is 2.32 bits per heavy atom. The Kier molecular flexibility index (Phi) is 3.97. The zero-order valence-corrected chi connectivity index (χ0v) is 11.8. The summed E-state index contributed by atoms with van der Waals surface area (Å²) in [5.41, 5.74) is 1.22. The maximum atomic E-state index is 14.0. The van der Waals surface area contributed by atoms with Crippen molar-refractivity contribution >= 4 is 28.4 Å². The summed E-state index contributed by atoms with van der Waals surface area (Å²) in [6, 6.07) is 22.2. The van der Waals surface area contributed by atoms with Crippen LogP contribution in [0.25, 0.3) is 16.8 Å². The summed E-state index contributed by atoms with van der Waals surface area (Å²) in [4.78, 5) is 11.8. The maximum absolute atomic E-state index is 14.0. The molecule has 0 aliphatic carbocycles. The second-order valence-corrected chi connectivity index (χ2v) is 4.92. The number of fused-ring (bicyclic) bond motifs is 1. The molecule has 3 aromatic rings. The first-order valence-corrected chi connectivity index (χ1v) is 6.95. The Balaban J connectivity index is 1.81. The first-order chi connectivity index (χ1) is 10.7. The molecule has 0 unspecified atom stereocenters. The van der Waals surface area contributed by atoms with Gasteiger partial charge in [0.25, 0.3) is 5.91 Å². The van der Waals surface area contributed by atoms with E-state index < -0.39 is 11.7 Å². The molecular weight excluding hydrogens is 277 g/mol. The predicted octanol–water partition coefficient (Wildman–Crippen LogP) is 4.79. The van der Waals surface area contributed by atoms with E-state index >= 15 is 0 Å². The van der Waals surface area contributed by atoms with Crippen LogP contribution in [-0.4, -0.2) is 5.91 Å². The van der Waals surface area contributed by atoms with Crippen LogP contribution in [0.3, 0.4) is 0 Å². The fourth-order valence-corrected chi connectivity index (χ4v) is 2.22. The van der Waals surface area contributed by atoms with E-state index in [0.29, 0.717) is 11.3 Å². The molecule has 0 saturated carbocycles. The van der Waals surface area contributed by atoms with Gasteiger partial charge in [0.05, 0.1) is 0 Å². The van der Waals surface area contributed by atoms with Gasteiger partial charge in [-0.25, -0.2) is 4.39 Å². The topological polar surface area (TPSA) is 29.1 Å². The van der Waals surface area contributed by atoms with E-state index in [9.17, 15) is 9.18 Å². The predicted molar refractivity (Wildman–Crippen MR) is 88.1 cm³/mol. The van der Waals surface area contributed by atoms with Crippen LogP contribution in [0, 0.1) is 0 Å². The Hall–Kier alpha value is -2.94. The molecule has 22 heavy (non-hydrogen) atoms. The van der Waals surface area contributed by atoms with Crippen LogP contribution in [0.4, 0.5) is 10.1 Å². The highest BCUT2D eigenvalue weighted by atomic mass is 19.1. The molecule has 0 bridgehead atoms. The van der Waals surface area contributed by atoms with Gasteiger partial charge in [0.1, 0.15) is 0 Å². The van der Waals surface area contributed by atoms with Crippen molar-refractivity contribution in [3.05, 3.63) is 84.2 Å². The number of amides is 1. The Morgan fingerprint density at radius 1 is 0.864 bits per heavy atom. The second kappa shape index (κ2) is 6.22. The van der Waals surface area contributed by atoms with Crippen LogP contribution >= 0.6 is 0 Å². The standard InChI is InChI=1S/C19H14FNO/c20-18(19(22)21-17-8-2-1-3-9-17)13-14-10-11-15-6-4-5-7-16(15)12-14/h1-13H,(H,21,22)/b18-13-. The fraction of sp³-hybridized carbons (Fsp3) is 0. The number of anilines is 1. The second-order valence-electron chi connectivity index (χ2n) is 4.92. The van der Waals surface area contributed by atoms with Gasteiger partial charge in [-0.15, -0.1) is 0 Å². The van der Waals surface area contributed by atoms with Gasteiger partial charge in [0.2, 0.25) is 0 Å². The van der Waals surface area contributed by atoms with E-state index in [1.165, 1.54) is 6.08 Å². The zero-order chi connectivity index (χ0) is 15.4. The minimum absolute atomic E-state index is 0.564. The van der Waals surface area contributed by atoms with Gasteiger partial charge in [-0.1, -0.05) is 54.6 Å². The molecule has 0 aromatic heterocycles. The summed E-state index contributed by atoms with van der Waals surface area (Å²) in [6.45, 7) is 0. The summed E-state index contributed by atoms with van der Waals surface area (Å²) in [6.07, 6.45) is 1.24. The summed E-state index contributed by atoms with van der Waals surface area (Å²) >= 11 is 0. The lowest BCUT2D eigenvalue weighted by Gasteiger charge is -2.03. The lowest BCUT2D eigenvalue weighted by molar-refractivity contribution is -0.114. The molecule has 0 atom stereocenters. The molecule has 0 saturated heterocycles. The molecule has 0 aliphatic rings. The van der Waals surface area contributed by atoms with Gasteiger partial charge >= 0.3 is 0 Å². The van der Waals surface area contributed by atoms with Crippen molar-refractivity contribution in [2.24, 2.45) is 0 Å². The Morgan fingerprint density at radius 2 is 1.55 bits per heavy atom.